The summed E-state index contributed by atoms with van der Waals surface area (Å²) >= 11 is 6.73. The van der Waals surface area contributed by atoms with Gasteiger partial charge in [0.05, 0.1) is 4.91 Å². The van der Waals surface area contributed by atoms with Crippen molar-refractivity contribution in [2.24, 2.45) is 0 Å². The fraction of sp³-hybridized carbons (Fsp3) is 0.105. The quantitative estimate of drug-likeness (QED) is 0.793. The molecule has 1 saturated heterocycles. The van der Waals surface area contributed by atoms with Crippen molar-refractivity contribution < 1.29 is 14.4 Å². The zero-order valence-corrected chi connectivity index (χ0v) is 15.2. The van der Waals surface area contributed by atoms with Crippen LogP contribution in [0.25, 0.3) is 6.08 Å². The molecule has 7 heteroatoms. The highest BCUT2D eigenvalue weighted by Crippen LogP contribution is 2.32. The summed E-state index contributed by atoms with van der Waals surface area (Å²) in [6.07, 6.45) is 1.66. The van der Waals surface area contributed by atoms with Crippen LogP contribution < -0.4 is 5.32 Å². The van der Waals surface area contributed by atoms with Crippen LogP contribution in [0.1, 0.15) is 15.9 Å². The molecule has 1 aliphatic heterocycles. The fourth-order valence-electron chi connectivity index (χ4n) is 2.38. The van der Waals surface area contributed by atoms with E-state index >= 15 is 0 Å². The second kappa shape index (κ2) is 8.21. The van der Waals surface area contributed by atoms with Crippen LogP contribution in [0.2, 0.25) is 5.02 Å². The van der Waals surface area contributed by atoms with Crippen LogP contribution in [0.3, 0.4) is 0 Å². The molecule has 26 heavy (non-hydrogen) atoms. The number of carbonyl (C=O) groups is 3. The van der Waals surface area contributed by atoms with Crippen molar-refractivity contribution in [3.8, 4) is 0 Å². The number of rotatable bonds is 5. The number of amides is 3. The van der Waals surface area contributed by atoms with Crippen LogP contribution in [0.5, 0.6) is 0 Å². The van der Waals surface area contributed by atoms with E-state index < -0.39 is 0 Å². The largest absolute Gasteiger partial charge is 0.350 e. The van der Waals surface area contributed by atoms with Crippen LogP contribution >= 0.6 is 23.4 Å². The molecule has 1 heterocycles. The van der Waals surface area contributed by atoms with Gasteiger partial charge in [-0.05, 0) is 47.7 Å². The molecule has 0 aliphatic carbocycles. The number of imide groups is 1. The number of benzene rings is 2. The Hall–Kier alpha value is -2.57. The van der Waals surface area contributed by atoms with Gasteiger partial charge in [0.15, 0.2) is 0 Å². The first kappa shape index (κ1) is 18.2. The second-order valence-electron chi connectivity index (χ2n) is 5.51. The summed E-state index contributed by atoms with van der Waals surface area (Å²) in [6.45, 7) is 0.321. The van der Waals surface area contributed by atoms with E-state index in [0.717, 1.165) is 22.2 Å². The molecule has 0 spiro atoms. The van der Waals surface area contributed by atoms with Crippen molar-refractivity contribution in [1.29, 1.82) is 0 Å². The number of nitrogens with one attached hydrogen (secondary N) is 1. The van der Waals surface area contributed by atoms with Gasteiger partial charge in [-0.3, -0.25) is 19.3 Å². The third-order valence-corrected chi connectivity index (χ3v) is 4.86. The molecular weight excluding hydrogens is 372 g/mol. The molecule has 3 amide bonds. The summed E-state index contributed by atoms with van der Waals surface area (Å²) in [7, 11) is 0. The molecule has 0 saturated carbocycles. The summed E-state index contributed by atoms with van der Waals surface area (Å²) in [5.41, 5.74) is 1.32. The molecule has 2 aromatic carbocycles. The summed E-state index contributed by atoms with van der Waals surface area (Å²) in [4.78, 5) is 38.0. The number of nitrogens with zero attached hydrogens (tertiary/aromatic N) is 1. The number of halogens is 1. The highest BCUT2D eigenvalue weighted by Gasteiger charge is 2.34. The van der Waals surface area contributed by atoms with Gasteiger partial charge in [0, 0.05) is 23.7 Å². The van der Waals surface area contributed by atoms with Gasteiger partial charge in [0.2, 0.25) is 0 Å². The lowest BCUT2D eigenvalue weighted by atomic mass is 10.2. The van der Waals surface area contributed by atoms with Gasteiger partial charge in [-0.2, -0.15) is 0 Å². The van der Waals surface area contributed by atoms with Gasteiger partial charge >= 0.3 is 0 Å². The maximum absolute atomic E-state index is 12.4. The standard InChI is InChI=1S/C19H15ClN2O3S/c20-15-8-6-13(7-9-15)12-16-18(24)22(19(25)26-16)11-10-21-17(23)14-4-2-1-3-5-14/h1-9,12H,10-11H2,(H,21,23)/b16-12-. The number of carbonyl (C=O) groups excluding carboxylic acids is 3. The number of hydrogen-bond donors (Lipinski definition) is 1. The molecule has 0 radical (unpaired) electrons. The minimum Gasteiger partial charge on any atom is -0.350 e. The molecule has 0 atom stereocenters. The van der Waals surface area contributed by atoms with Crippen molar-refractivity contribution in [2.75, 3.05) is 13.1 Å². The Kier molecular flexibility index (Phi) is 5.75. The summed E-state index contributed by atoms with van der Waals surface area (Å²) in [5, 5.41) is 2.97. The molecule has 5 nitrogen and oxygen atoms in total. The SMILES string of the molecule is O=C(NCCN1C(=O)S/C(=C\c2ccc(Cl)cc2)C1=O)c1ccccc1. The first-order valence-corrected chi connectivity index (χ1v) is 9.08. The molecule has 0 bridgehead atoms. The molecule has 1 N–H and O–H groups in total. The molecular formula is C19H15ClN2O3S. The lowest BCUT2D eigenvalue weighted by Gasteiger charge is -2.13. The van der Waals surface area contributed by atoms with E-state index in [0.29, 0.717) is 15.5 Å². The Morgan fingerprint density at radius 2 is 1.77 bits per heavy atom. The van der Waals surface area contributed by atoms with Crippen molar-refractivity contribution in [3.05, 3.63) is 75.7 Å². The summed E-state index contributed by atoms with van der Waals surface area (Å²) in [5.74, 6) is -0.599. The molecule has 1 fully saturated rings. The van der Waals surface area contributed by atoms with Crippen molar-refractivity contribution in [1.82, 2.24) is 10.2 Å². The van der Waals surface area contributed by atoms with Gasteiger partial charge in [-0.15, -0.1) is 0 Å². The topological polar surface area (TPSA) is 66.5 Å². The lowest BCUT2D eigenvalue weighted by molar-refractivity contribution is -0.122. The average Bonchev–Trinajstić information content (AvgIpc) is 2.91. The predicted molar refractivity (Wildman–Crippen MR) is 103 cm³/mol. The van der Waals surface area contributed by atoms with E-state index in [2.05, 4.69) is 5.32 Å². The molecule has 0 unspecified atom stereocenters. The van der Waals surface area contributed by atoms with E-state index in [-0.39, 0.29) is 30.1 Å². The third kappa shape index (κ3) is 4.33. The third-order valence-electron chi connectivity index (χ3n) is 3.70. The number of hydrogen-bond acceptors (Lipinski definition) is 4. The Bertz CT molecular complexity index is 866. The van der Waals surface area contributed by atoms with Crippen molar-refractivity contribution in [3.63, 3.8) is 0 Å². The number of thioether (sulfide) groups is 1. The lowest BCUT2D eigenvalue weighted by Crippen LogP contribution is -2.37. The van der Waals surface area contributed by atoms with E-state index in [1.54, 1.807) is 54.6 Å². The van der Waals surface area contributed by atoms with Crippen LogP contribution in [-0.2, 0) is 4.79 Å². The first-order chi connectivity index (χ1) is 12.5. The summed E-state index contributed by atoms with van der Waals surface area (Å²) in [6, 6.07) is 15.7. The van der Waals surface area contributed by atoms with Gasteiger partial charge in [0.1, 0.15) is 0 Å². The fourth-order valence-corrected chi connectivity index (χ4v) is 3.37. The van der Waals surface area contributed by atoms with E-state index in [1.165, 1.54) is 0 Å². The van der Waals surface area contributed by atoms with Crippen LogP contribution in [0.15, 0.2) is 59.5 Å². The zero-order valence-electron chi connectivity index (χ0n) is 13.6. The van der Waals surface area contributed by atoms with E-state index in [9.17, 15) is 14.4 Å². The van der Waals surface area contributed by atoms with E-state index in [4.69, 9.17) is 11.6 Å². The van der Waals surface area contributed by atoms with Gasteiger partial charge in [-0.1, -0.05) is 41.9 Å². The van der Waals surface area contributed by atoms with Crippen molar-refractivity contribution in [2.45, 2.75) is 0 Å². The maximum Gasteiger partial charge on any atom is 0.293 e. The maximum atomic E-state index is 12.4. The monoisotopic (exact) mass is 386 g/mol. The molecule has 2 aromatic rings. The predicted octanol–water partition coefficient (Wildman–Crippen LogP) is 3.81. The average molecular weight is 387 g/mol. The normalized spacial score (nSPS) is 15.6. The Balaban J connectivity index is 1.59. The van der Waals surface area contributed by atoms with Gasteiger partial charge < -0.3 is 5.32 Å². The molecule has 1 aliphatic rings. The van der Waals surface area contributed by atoms with Crippen molar-refractivity contribution >= 4 is 46.5 Å². The molecule has 3 rings (SSSR count). The highest BCUT2D eigenvalue weighted by atomic mass is 35.5. The molecule has 0 aromatic heterocycles. The van der Waals surface area contributed by atoms with Crippen LogP contribution in [0, 0.1) is 0 Å². The Morgan fingerprint density at radius 3 is 2.46 bits per heavy atom. The zero-order chi connectivity index (χ0) is 18.5. The Morgan fingerprint density at radius 1 is 1.08 bits per heavy atom. The molecule has 132 valence electrons. The first-order valence-electron chi connectivity index (χ1n) is 7.89. The van der Waals surface area contributed by atoms with E-state index in [1.807, 2.05) is 6.07 Å². The minimum atomic E-state index is -0.357. The summed E-state index contributed by atoms with van der Waals surface area (Å²) < 4.78 is 0. The van der Waals surface area contributed by atoms with Gasteiger partial charge in [-0.25, -0.2) is 0 Å². The minimum absolute atomic E-state index is 0.126. The highest BCUT2D eigenvalue weighted by molar-refractivity contribution is 8.18. The van der Waals surface area contributed by atoms with Crippen LogP contribution in [0.4, 0.5) is 4.79 Å². The Labute approximate surface area is 160 Å². The van der Waals surface area contributed by atoms with Gasteiger partial charge in [0.25, 0.3) is 17.1 Å². The second-order valence-corrected chi connectivity index (χ2v) is 6.94. The van der Waals surface area contributed by atoms with Crippen LogP contribution in [-0.4, -0.2) is 35.0 Å². The smallest absolute Gasteiger partial charge is 0.293 e.